The highest BCUT2D eigenvalue weighted by Crippen LogP contribution is 2.28. The second-order valence-corrected chi connectivity index (χ2v) is 7.23. The van der Waals surface area contributed by atoms with Gasteiger partial charge >= 0.3 is 0 Å². The highest BCUT2D eigenvalue weighted by Gasteiger charge is 2.15. The predicted molar refractivity (Wildman–Crippen MR) is 102 cm³/mol. The molecule has 5 heteroatoms. The summed E-state index contributed by atoms with van der Waals surface area (Å²) in [7, 11) is 0. The normalized spacial score (nSPS) is 14.5. The number of rotatable bonds is 5. The van der Waals surface area contributed by atoms with Gasteiger partial charge in [0.25, 0.3) is 5.91 Å². The average Bonchev–Trinajstić information content (AvgIpc) is 2.62. The highest BCUT2D eigenvalue weighted by atomic mass is 35.5. The van der Waals surface area contributed by atoms with Crippen molar-refractivity contribution in [1.29, 1.82) is 0 Å². The first-order chi connectivity index (χ1) is 12.0. The fourth-order valence-corrected chi connectivity index (χ4v) is 3.45. The summed E-state index contributed by atoms with van der Waals surface area (Å²) in [5, 5.41) is 3.91. The number of benzene rings is 2. The number of amides is 1. The summed E-state index contributed by atoms with van der Waals surface area (Å²) in [4.78, 5) is 12.2. The van der Waals surface area contributed by atoms with Gasteiger partial charge in [0.2, 0.25) is 0 Å². The fourth-order valence-electron chi connectivity index (χ4n) is 3.12. The monoisotopic (exact) mass is 377 g/mol. The van der Waals surface area contributed by atoms with Gasteiger partial charge in [0, 0.05) is 11.1 Å². The maximum atomic E-state index is 12.2. The number of carbonyl (C=O) groups excluding carboxylic acids is 1. The highest BCUT2D eigenvalue weighted by molar-refractivity contribution is 6.34. The molecule has 3 rings (SSSR count). The van der Waals surface area contributed by atoms with E-state index in [1.807, 2.05) is 6.92 Å². The second-order valence-electron chi connectivity index (χ2n) is 6.39. The molecule has 1 atom stereocenters. The zero-order valence-corrected chi connectivity index (χ0v) is 15.7. The zero-order valence-electron chi connectivity index (χ0n) is 14.1. The average molecular weight is 378 g/mol. The van der Waals surface area contributed by atoms with E-state index < -0.39 is 0 Å². The Hall–Kier alpha value is -1.71. The third-order valence-electron chi connectivity index (χ3n) is 4.50. The largest absolute Gasteiger partial charge is 0.482 e. The quantitative estimate of drug-likeness (QED) is 0.784. The van der Waals surface area contributed by atoms with E-state index in [4.69, 9.17) is 27.9 Å². The second kappa shape index (κ2) is 8.11. The maximum Gasteiger partial charge on any atom is 0.258 e. The lowest BCUT2D eigenvalue weighted by Crippen LogP contribution is -2.31. The zero-order chi connectivity index (χ0) is 17.8. The molecule has 0 spiro atoms. The molecular formula is C20H21Cl2NO2. The third-order valence-corrected chi connectivity index (χ3v) is 5.05. The van der Waals surface area contributed by atoms with Crippen LogP contribution < -0.4 is 10.1 Å². The first-order valence-electron chi connectivity index (χ1n) is 8.52. The lowest BCUT2D eigenvalue weighted by molar-refractivity contribution is -0.123. The molecule has 0 saturated carbocycles. The van der Waals surface area contributed by atoms with Crippen LogP contribution in [0.3, 0.4) is 0 Å². The molecule has 0 radical (unpaired) electrons. The number of fused-ring (bicyclic) bond motifs is 1. The van der Waals surface area contributed by atoms with Crippen molar-refractivity contribution in [3.8, 4) is 5.75 Å². The Morgan fingerprint density at radius 3 is 2.68 bits per heavy atom. The van der Waals surface area contributed by atoms with E-state index in [0.717, 1.165) is 18.4 Å². The fraction of sp³-hybridized carbons (Fsp3) is 0.350. The molecule has 2 aromatic rings. The minimum absolute atomic E-state index is 0.0711. The molecule has 0 saturated heterocycles. The van der Waals surface area contributed by atoms with E-state index in [1.54, 1.807) is 18.2 Å². The SMILES string of the molecule is CC(NC(=O)COc1cc(Cl)ccc1Cl)c1ccc2c(c1)CCCC2. The molecule has 2 aromatic carbocycles. The van der Waals surface area contributed by atoms with Crippen LogP contribution in [-0.2, 0) is 17.6 Å². The molecule has 3 nitrogen and oxygen atoms in total. The molecule has 0 heterocycles. The first-order valence-corrected chi connectivity index (χ1v) is 9.27. The van der Waals surface area contributed by atoms with Crippen molar-refractivity contribution in [3.05, 3.63) is 63.1 Å². The smallest absolute Gasteiger partial charge is 0.258 e. The molecular weight excluding hydrogens is 357 g/mol. The van der Waals surface area contributed by atoms with Crippen LogP contribution in [0, 0.1) is 0 Å². The Kier molecular flexibility index (Phi) is 5.87. The molecule has 132 valence electrons. The van der Waals surface area contributed by atoms with Crippen LogP contribution in [0.4, 0.5) is 0 Å². The Labute approximate surface area is 158 Å². The van der Waals surface area contributed by atoms with Gasteiger partial charge in [-0.25, -0.2) is 0 Å². The van der Waals surface area contributed by atoms with Gasteiger partial charge in [-0.05, 0) is 61.4 Å². The van der Waals surface area contributed by atoms with Crippen molar-refractivity contribution in [2.75, 3.05) is 6.61 Å². The summed E-state index contributed by atoms with van der Waals surface area (Å²) in [6.45, 7) is 1.88. The number of ether oxygens (including phenoxy) is 1. The third kappa shape index (κ3) is 4.68. The molecule has 1 unspecified atom stereocenters. The first kappa shape index (κ1) is 18.1. The number of nitrogens with one attached hydrogen (secondary N) is 1. The Balaban J connectivity index is 1.58. The molecule has 1 N–H and O–H groups in total. The van der Waals surface area contributed by atoms with Gasteiger partial charge in [-0.1, -0.05) is 41.4 Å². The van der Waals surface area contributed by atoms with Gasteiger partial charge in [-0.15, -0.1) is 0 Å². The standard InChI is InChI=1S/C20H21Cl2NO2/c1-13(15-7-6-14-4-2-3-5-16(14)10-15)23-20(24)12-25-19-11-17(21)8-9-18(19)22/h6-11,13H,2-5,12H2,1H3,(H,23,24). The van der Waals surface area contributed by atoms with Gasteiger partial charge < -0.3 is 10.1 Å². The summed E-state index contributed by atoms with van der Waals surface area (Å²) >= 11 is 11.9. The van der Waals surface area contributed by atoms with Crippen LogP contribution in [0.2, 0.25) is 10.0 Å². The van der Waals surface area contributed by atoms with Crippen LogP contribution in [0.15, 0.2) is 36.4 Å². The molecule has 0 fully saturated rings. The van der Waals surface area contributed by atoms with Crippen molar-refractivity contribution in [3.63, 3.8) is 0 Å². The van der Waals surface area contributed by atoms with E-state index in [9.17, 15) is 4.79 Å². The predicted octanol–water partition coefficient (Wildman–Crippen LogP) is 5.13. The van der Waals surface area contributed by atoms with Crippen molar-refractivity contribution in [2.24, 2.45) is 0 Å². The van der Waals surface area contributed by atoms with Gasteiger partial charge in [0.05, 0.1) is 11.1 Å². The van der Waals surface area contributed by atoms with E-state index >= 15 is 0 Å². The van der Waals surface area contributed by atoms with Crippen LogP contribution in [-0.4, -0.2) is 12.5 Å². The lowest BCUT2D eigenvalue weighted by atomic mass is 9.89. The van der Waals surface area contributed by atoms with Crippen molar-refractivity contribution in [2.45, 2.75) is 38.6 Å². The number of carbonyl (C=O) groups is 1. The molecule has 0 aliphatic heterocycles. The van der Waals surface area contributed by atoms with Crippen LogP contribution in [0.25, 0.3) is 0 Å². The number of aryl methyl sites for hydroxylation is 2. The topological polar surface area (TPSA) is 38.3 Å². The summed E-state index contributed by atoms with van der Waals surface area (Å²) < 4.78 is 5.48. The van der Waals surface area contributed by atoms with Gasteiger partial charge in [-0.3, -0.25) is 4.79 Å². The molecule has 0 bridgehead atoms. The summed E-state index contributed by atoms with van der Waals surface area (Å²) in [6, 6.07) is 11.4. The van der Waals surface area contributed by atoms with Crippen molar-refractivity contribution in [1.82, 2.24) is 5.32 Å². The van der Waals surface area contributed by atoms with Gasteiger partial charge in [0.1, 0.15) is 5.75 Å². The van der Waals surface area contributed by atoms with E-state index in [-0.39, 0.29) is 18.6 Å². The van der Waals surface area contributed by atoms with Crippen LogP contribution in [0.1, 0.15) is 42.5 Å². The Morgan fingerprint density at radius 1 is 1.12 bits per heavy atom. The Bertz CT molecular complexity index is 776. The summed E-state index contributed by atoms with van der Waals surface area (Å²) in [6.07, 6.45) is 4.79. The van der Waals surface area contributed by atoms with Crippen molar-refractivity contribution >= 4 is 29.1 Å². The summed E-state index contributed by atoms with van der Waals surface area (Å²) in [5.74, 6) is 0.215. The van der Waals surface area contributed by atoms with Crippen LogP contribution >= 0.6 is 23.2 Å². The number of hydrogen-bond acceptors (Lipinski definition) is 2. The van der Waals surface area contributed by atoms with E-state index in [1.165, 1.54) is 24.0 Å². The van der Waals surface area contributed by atoms with Crippen LogP contribution in [0.5, 0.6) is 5.75 Å². The number of halogens is 2. The molecule has 1 amide bonds. The lowest BCUT2D eigenvalue weighted by Gasteiger charge is -2.20. The molecule has 1 aliphatic rings. The number of hydrogen-bond donors (Lipinski definition) is 1. The van der Waals surface area contributed by atoms with Gasteiger partial charge in [-0.2, -0.15) is 0 Å². The minimum atomic E-state index is -0.193. The Morgan fingerprint density at radius 2 is 1.88 bits per heavy atom. The van der Waals surface area contributed by atoms with Gasteiger partial charge in [0.15, 0.2) is 6.61 Å². The molecule has 25 heavy (non-hydrogen) atoms. The van der Waals surface area contributed by atoms with Crippen molar-refractivity contribution < 1.29 is 9.53 Å². The summed E-state index contributed by atoms with van der Waals surface area (Å²) in [5.41, 5.74) is 3.97. The minimum Gasteiger partial charge on any atom is -0.482 e. The molecule has 0 aromatic heterocycles. The maximum absolute atomic E-state index is 12.2. The van der Waals surface area contributed by atoms with E-state index in [0.29, 0.717) is 15.8 Å². The van der Waals surface area contributed by atoms with E-state index in [2.05, 4.69) is 23.5 Å². The molecule has 1 aliphatic carbocycles.